The van der Waals surface area contributed by atoms with Crippen LogP contribution < -0.4 is 5.73 Å². The van der Waals surface area contributed by atoms with Crippen molar-refractivity contribution < 1.29 is 19.5 Å². The number of rotatable bonds is 2. The zero-order valence-electron chi connectivity index (χ0n) is 10.0. The monoisotopic (exact) mass is 242 g/mol. The molecule has 2 fully saturated rings. The van der Waals surface area contributed by atoms with E-state index < -0.39 is 12.0 Å². The maximum absolute atomic E-state index is 10.7. The third-order valence-electron chi connectivity index (χ3n) is 2.98. The van der Waals surface area contributed by atoms with Crippen LogP contribution in [-0.2, 0) is 14.4 Å². The normalized spacial score (nSPS) is 23.8. The summed E-state index contributed by atoms with van der Waals surface area (Å²) in [5.74, 6) is -0.552. The Kier molecular flexibility index (Phi) is 4.22. The molecule has 2 heterocycles. The second-order valence-electron chi connectivity index (χ2n) is 4.73. The highest BCUT2D eigenvalue weighted by molar-refractivity contribution is 5.95. The number of nitrogens with zero attached hydrogens (tertiary/aromatic N) is 1. The van der Waals surface area contributed by atoms with Crippen molar-refractivity contribution in [2.45, 2.75) is 38.8 Å². The van der Waals surface area contributed by atoms with Gasteiger partial charge >= 0.3 is 5.97 Å². The van der Waals surface area contributed by atoms with Crippen molar-refractivity contribution in [2.75, 3.05) is 6.54 Å². The van der Waals surface area contributed by atoms with Crippen molar-refractivity contribution >= 4 is 17.7 Å². The standard InChI is InChI=1S/C6H7NO2.C5H11NO2/c8-5-1-4-2-6(9)7(4)3-5;1-3(2)4(6)5(7)8/h4H,1-3H2;3-4H,6H2,1-2H3,(H,7,8)/t2*4-/m10/s1. The summed E-state index contributed by atoms with van der Waals surface area (Å²) in [6.45, 7) is 3.93. The molecule has 0 unspecified atom stereocenters. The van der Waals surface area contributed by atoms with Gasteiger partial charge in [-0.15, -0.1) is 0 Å². The summed E-state index contributed by atoms with van der Waals surface area (Å²) in [7, 11) is 0. The van der Waals surface area contributed by atoms with Crippen molar-refractivity contribution in [3.8, 4) is 0 Å². The molecule has 0 bridgehead atoms. The molecule has 2 atom stereocenters. The Labute approximate surface area is 99.8 Å². The van der Waals surface area contributed by atoms with Gasteiger partial charge in [0.1, 0.15) is 6.04 Å². The average Bonchev–Trinajstić information content (AvgIpc) is 2.54. The summed E-state index contributed by atoms with van der Waals surface area (Å²) in [5.41, 5.74) is 5.16. The number of carboxylic acid groups (broad SMARTS) is 1. The van der Waals surface area contributed by atoms with Crippen LogP contribution in [0.15, 0.2) is 0 Å². The Hall–Kier alpha value is -1.43. The molecule has 0 aromatic heterocycles. The van der Waals surface area contributed by atoms with Crippen LogP contribution in [0.4, 0.5) is 0 Å². The first-order chi connectivity index (χ1) is 7.82. The van der Waals surface area contributed by atoms with E-state index >= 15 is 0 Å². The smallest absolute Gasteiger partial charge is 0.320 e. The number of hydrogen-bond acceptors (Lipinski definition) is 4. The molecule has 2 aliphatic rings. The van der Waals surface area contributed by atoms with E-state index in [-0.39, 0.29) is 23.7 Å². The van der Waals surface area contributed by atoms with E-state index in [0.29, 0.717) is 19.4 Å². The van der Waals surface area contributed by atoms with Crippen LogP contribution in [0.1, 0.15) is 26.7 Å². The van der Waals surface area contributed by atoms with Gasteiger partial charge < -0.3 is 15.7 Å². The quantitative estimate of drug-likeness (QED) is 0.642. The zero-order chi connectivity index (χ0) is 13.2. The maximum atomic E-state index is 10.7. The average molecular weight is 242 g/mol. The highest BCUT2D eigenvalue weighted by Crippen LogP contribution is 2.27. The number of carboxylic acids is 1. The minimum absolute atomic E-state index is 0.0208. The lowest BCUT2D eigenvalue weighted by Crippen LogP contribution is -2.47. The van der Waals surface area contributed by atoms with Gasteiger partial charge in [0.15, 0.2) is 5.78 Å². The summed E-state index contributed by atoms with van der Waals surface area (Å²) >= 11 is 0. The number of carbonyl (C=O) groups is 3. The van der Waals surface area contributed by atoms with Crippen LogP contribution in [0, 0.1) is 5.92 Å². The third kappa shape index (κ3) is 3.26. The molecule has 0 aromatic carbocycles. The molecule has 17 heavy (non-hydrogen) atoms. The van der Waals surface area contributed by atoms with Gasteiger partial charge in [0.25, 0.3) is 0 Å². The molecular formula is C11H18N2O4. The van der Waals surface area contributed by atoms with Crippen LogP contribution >= 0.6 is 0 Å². The Morgan fingerprint density at radius 1 is 1.41 bits per heavy atom. The number of Topliss-reactive ketones (excluding diaryl/α,β-unsaturated/α-hetero) is 1. The number of β-lactam (4-membered cyclic amide) rings is 1. The Morgan fingerprint density at radius 3 is 2.24 bits per heavy atom. The minimum atomic E-state index is -0.931. The fraction of sp³-hybridized carbons (Fsp3) is 0.727. The molecule has 1 amide bonds. The SMILES string of the molecule is CC(C)[C@H](N)C(=O)O.O=C1C[C@@H]2CC(=O)N2C1. The molecule has 2 saturated heterocycles. The number of aliphatic carboxylic acids is 1. The molecule has 0 radical (unpaired) electrons. The summed E-state index contributed by atoms with van der Waals surface area (Å²) in [6, 6.07) is -0.431. The molecule has 0 aliphatic carbocycles. The van der Waals surface area contributed by atoms with E-state index in [9.17, 15) is 14.4 Å². The lowest BCUT2D eigenvalue weighted by molar-refractivity contribution is -0.143. The number of amides is 1. The molecule has 2 aliphatic heterocycles. The predicted molar refractivity (Wildman–Crippen MR) is 60.2 cm³/mol. The minimum Gasteiger partial charge on any atom is -0.480 e. The molecule has 2 rings (SSSR count). The molecule has 0 spiro atoms. The lowest BCUT2D eigenvalue weighted by Gasteiger charge is -2.32. The summed E-state index contributed by atoms with van der Waals surface area (Å²) in [6.07, 6.45) is 1.21. The van der Waals surface area contributed by atoms with Gasteiger partial charge in [0, 0.05) is 18.9 Å². The number of nitrogens with two attached hydrogens (primary N) is 1. The van der Waals surface area contributed by atoms with E-state index in [1.165, 1.54) is 0 Å². The molecule has 96 valence electrons. The molecule has 6 heteroatoms. The van der Waals surface area contributed by atoms with Gasteiger partial charge in [0.05, 0.1) is 6.54 Å². The fourth-order valence-corrected chi connectivity index (χ4v) is 1.72. The van der Waals surface area contributed by atoms with Crippen molar-refractivity contribution in [2.24, 2.45) is 11.7 Å². The van der Waals surface area contributed by atoms with Gasteiger partial charge in [-0.05, 0) is 5.92 Å². The second kappa shape index (κ2) is 5.27. The van der Waals surface area contributed by atoms with E-state index in [1.807, 2.05) is 0 Å². The first kappa shape index (κ1) is 13.6. The van der Waals surface area contributed by atoms with E-state index in [2.05, 4.69) is 0 Å². The number of fused-ring (bicyclic) bond motifs is 1. The lowest BCUT2D eigenvalue weighted by atomic mass is 10.0. The Bertz CT molecular complexity index is 338. The Balaban J connectivity index is 0.000000172. The van der Waals surface area contributed by atoms with Gasteiger partial charge in [-0.3, -0.25) is 14.4 Å². The van der Waals surface area contributed by atoms with Crippen LogP contribution in [0.25, 0.3) is 0 Å². The van der Waals surface area contributed by atoms with Crippen molar-refractivity contribution in [3.63, 3.8) is 0 Å². The summed E-state index contributed by atoms with van der Waals surface area (Å²) < 4.78 is 0. The first-order valence-electron chi connectivity index (χ1n) is 5.62. The summed E-state index contributed by atoms with van der Waals surface area (Å²) in [5, 5.41) is 8.23. The molecule has 0 saturated carbocycles. The maximum Gasteiger partial charge on any atom is 0.320 e. The fourth-order valence-electron chi connectivity index (χ4n) is 1.72. The topological polar surface area (TPSA) is 101 Å². The van der Waals surface area contributed by atoms with Gasteiger partial charge in [-0.2, -0.15) is 0 Å². The second-order valence-corrected chi connectivity index (χ2v) is 4.73. The van der Waals surface area contributed by atoms with Crippen LogP contribution in [0.3, 0.4) is 0 Å². The van der Waals surface area contributed by atoms with Crippen molar-refractivity contribution in [3.05, 3.63) is 0 Å². The van der Waals surface area contributed by atoms with Crippen LogP contribution in [0.5, 0.6) is 0 Å². The van der Waals surface area contributed by atoms with E-state index in [0.717, 1.165) is 0 Å². The van der Waals surface area contributed by atoms with Crippen molar-refractivity contribution in [1.82, 2.24) is 4.90 Å². The third-order valence-corrected chi connectivity index (χ3v) is 2.98. The first-order valence-corrected chi connectivity index (χ1v) is 5.62. The zero-order valence-corrected chi connectivity index (χ0v) is 10.0. The number of hydrogen-bond donors (Lipinski definition) is 2. The molecule has 0 aromatic rings. The highest BCUT2D eigenvalue weighted by Gasteiger charge is 2.43. The van der Waals surface area contributed by atoms with E-state index in [1.54, 1.807) is 18.7 Å². The van der Waals surface area contributed by atoms with E-state index in [4.69, 9.17) is 10.8 Å². The van der Waals surface area contributed by atoms with Gasteiger partial charge in [-0.25, -0.2) is 0 Å². The largest absolute Gasteiger partial charge is 0.480 e. The van der Waals surface area contributed by atoms with Crippen LogP contribution in [0.2, 0.25) is 0 Å². The number of carbonyl (C=O) groups excluding carboxylic acids is 2. The predicted octanol–water partition coefficient (Wildman–Crippen LogP) is -0.386. The summed E-state index contributed by atoms with van der Waals surface area (Å²) in [4.78, 5) is 33.0. The van der Waals surface area contributed by atoms with Gasteiger partial charge in [0.2, 0.25) is 5.91 Å². The molecule has 3 N–H and O–H groups in total. The Morgan fingerprint density at radius 2 is 2.00 bits per heavy atom. The molecule has 6 nitrogen and oxygen atoms in total. The number of ketones is 1. The van der Waals surface area contributed by atoms with Crippen molar-refractivity contribution in [1.29, 1.82) is 0 Å². The van der Waals surface area contributed by atoms with Gasteiger partial charge in [-0.1, -0.05) is 13.8 Å². The highest BCUT2D eigenvalue weighted by atomic mass is 16.4. The van der Waals surface area contributed by atoms with Crippen LogP contribution in [-0.4, -0.2) is 46.3 Å². The molecular weight excluding hydrogens is 224 g/mol.